The molecule has 1 aromatic heterocycles. The van der Waals surface area contributed by atoms with Gasteiger partial charge < -0.3 is 14.6 Å². The summed E-state index contributed by atoms with van der Waals surface area (Å²) in [4.78, 5) is 27.8. The Kier molecular flexibility index (Phi) is 4.53. The minimum Gasteiger partial charge on any atom is -0.467 e. The van der Waals surface area contributed by atoms with Crippen LogP contribution in [-0.4, -0.2) is 29.0 Å². The predicted octanol–water partition coefficient (Wildman–Crippen LogP) is 2.98. The van der Waals surface area contributed by atoms with Crippen LogP contribution in [0.15, 0.2) is 52.0 Å². The van der Waals surface area contributed by atoms with E-state index in [-0.39, 0.29) is 30.2 Å². The van der Waals surface area contributed by atoms with Crippen molar-refractivity contribution in [3.63, 3.8) is 0 Å². The number of carbonyl (C=O) groups is 2. The molecule has 2 aromatic rings. The number of hydrogen-bond acceptors (Lipinski definition) is 4. The Morgan fingerprint density at radius 2 is 2.16 bits per heavy atom. The molecule has 25 heavy (non-hydrogen) atoms. The lowest BCUT2D eigenvalue weighted by atomic mass is 10.0. The van der Waals surface area contributed by atoms with E-state index in [4.69, 9.17) is 4.42 Å². The molecule has 0 aliphatic carbocycles. The zero-order chi connectivity index (χ0) is 17.2. The molecule has 1 saturated heterocycles. The summed E-state index contributed by atoms with van der Waals surface area (Å²) in [5.41, 5.74) is 1.18. The number of thioether (sulfide) groups is 1. The average Bonchev–Trinajstić information content (AvgIpc) is 3.26. The number of rotatable bonds is 4. The zero-order valence-corrected chi connectivity index (χ0v) is 14.6. The van der Waals surface area contributed by atoms with Crippen molar-refractivity contribution < 1.29 is 14.0 Å². The molecule has 0 bridgehead atoms. The average molecular weight is 356 g/mol. The number of likely N-dealkylation sites (tertiary alicyclic amines) is 1. The molecule has 2 aliphatic heterocycles. The van der Waals surface area contributed by atoms with Crippen LogP contribution in [-0.2, 0) is 16.1 Å². The molecule has 0 spiro atoms. The molecule has 130 valence electrons. The number of carbonyl (C=O) groups excluding carboxylic acids is 2. The van der Waals surface area contributed by atoms with Crippen LogP contribution < -0.4 is 5.32 Å². The highest BCUT2D eigenvalue weighted by molar-refractivity contribution is 7.99. The zero-order valence-electron chi connectivity index (χ0n) is 13.8. The van der Waals surface area contributed by atoms with Gasteiger partial charge in [-0.05, 0) is 30.2 Å². The summed E-state index contributed by atoms with van der Waals surface area (Å²) in [6.07, 6.45) is 2.79. The molecule has 4 rings (SSSR count). The van der Waals surface area contributed by atoms with Crippen molar-refractivity contribution in [3.8, 4) is 0 Å². The monoisotopic (exact) mass is 356 g/mol. The molecule has 2 atom stereocenters. The maximum Gasteiger partial charge on any atom is 0.225 e. The maximum atomic E-state index is 12.7. The molecule has 3 heterocycles. The van der Waals surface area contributed by atoms with Gasteiger partial charge in [0.1, 0.15) is 5.76 Å². The summed E-state index contributed by atoms with van der Waals surface area (Å²) < 4.78 is 5.30. The van der Waals surface area contributed by atoms with Crippen LogP contribution in [0.1, 0.15) is 30.2 Å². The van der Waals surface area contributed by atoms with Crippen molar-refractivity contribution in [1.29, 1.82) is 0 Å². The molecular weight excluding hydrogens is 336 g/mol. The van der Waals surface area contributed by atoms with Crippen molar-refractivity contribution in [1.82, 2.24) is 10.2 Å². The quantitative estimate of drug-likeness (QED) is 0.915. The maximum absolute atomic E-state index is 12.7. The van der Waals surface area contributed by atoms with Gasteiger partial charge in [0.05, 0.1) is 24.8 Å². The normalized spacial score (nSPS) is 22.7. The second-order valence-corrected chi connectivity index (χ2v) is 7.63. The smallest absolute Gasteiger partial charge is 0.225 e. The summed E-state index contributed by atoms with van der Waals surface area (Å²) in [6, 6.07) is 11.9. The van der Waals surface area contributed by atoms with Gasteiger partial charge in [-0.2, -0.15) is 0 Å². The Bertz CT molecular complexity index is 775. The lowest BCUT2D eigenvalue weighted by Gasteiger charge is -2.27. The van der Waals surface area contributed by atoms with Gasteiger partial charge in [0, 0.05) is 23.6 Å². The van der Waals surface area contributed by atoms with Crippen molar-refractivity contribution in [2.45, 2.75) is 30.3 Å². The van der Waals surface area contributed by atoms with Crippen molar-refractivity contribution in [2.75, 3.05) is 12.3 Å². The van der Waals surface area contributed by atoms with Crippen LogP contribution in [0, 0.1) is 5.92 Å². The summed E-state index contributed by atoms with van der Waals surface area (Å²) in [5.74, 6) is 1.44. The Morgan fingerprint density at radius 1 is 1.28 bits per heavy atom. The highest BCUT2D eigenvalue weighted by atomic mass is 32.2. The van der Waals surface area contributed by atoms with E-state index in [1.165, 1.54) is 10.5 Å². The predicted molar refractivity (Wildman–Crippen MR) is 94.9 cm³/mol. The van der Waals surface area contributed by atoms with E-state index < -0.39 is 0 Å². The van der Waals surface area contributed by atoms with Gasteiger partial charge in [0.2, 0.25) is 11.8 Å². The number of nitrogens with zero attached hydrogens (tertiary/aromatic N) is 1. The van der Waals surface area contributed by atoms with Crippen LogP contribution in [0.4, 0.5) is 0 Å². The number of benzene rings is 1. The van der Waals surface area contributed by atoms with Crippen LogP contribution in [0.5, 0.6) is 0 Å². The molecule has 5 nitrogen and oxygen atoms in total. The van der Waals surface area contributed by atoms with E-state index in [0.29, 0.717) is 13.1 Å². The van der Waals surface area contributed by atoms with Crippen molar-refractivity contribution >= 4 is 23.6 Å². The lowest BCUT2D eigenvalue weighted by Crippen LogP contribution is -2.36. The molecule has 1 aromatic carbocycles. The van der Waals surface area contributed by atoms with Crippen LogP contribution in [0.2, 0.25) is 0 Å². The van der Waals surface area contributed by atoms with Gasteiger partial charge in [-0.1, -0.05) is 18.2 Å². The molecule has 0 radical (unpaired) electrons. The third-order valence-electron chi connectivity index (χ3n) is 4.79. The highest BCUT2D eigenvalue weighted by Crippen LogP contribution is 2.36. The number of furan rings is 1. The third kappa shape index (κ3) is 3.44. The SMILES string of the molecule is O=C(N[C@@H]1CCSc2ccccc21)[C@@H]1CC(=O)N(Cc2ccco2)C1. The van der Waals surface area contributed by atoms with Crippen molar-refractivity contribution in [3.05, 3.63) is 54.0 Å². The second-order valence-electron chi connectivity index (χ2n) is 6.49. The molecule has 0 saturated carbocycles. The molecule has 0 unspecified atom stereocenters. The van der Waals surface area contributed by atoms with E-state index >= 15 is 0 Å². The number of nitrogens with one attached hydrogen (secondary N) is 1. The Labute approximate surface area is 150 Å². The van der Waals surface area contributed by atoms with E-state index in [9.17, 15) is 9.59 Å². The summed E-state index contributed by atoms with van der Waals surface area (Å²) in [7, 11) is 0. The van der Waals surface area contributed by atoms with Gasteiger partial charge in [0.15, 0.2) is 0 Å². The first-order valence-electron chi connectivity index (χ1n) is 8.53. The third-order valence-corrected chi connectivity index (χ3v) is 5.91. The molecule has 1 N–H and O–H groups in total. The first-order chi connectivity index (χ1) is 12.2. The Morgan fingerprint density at radius 3 is 3.00 bits per heavy atom. The molecule has 6 heteroatoms. The number of amides is 2. The van der Waals surface area contributed by atoms with Gasteiger partial charge >= 0.3 is 0 Å². The largest absolute Gasteiger partial charge is 0.467 e. The summed E-state index contributed by atoms with van der Waals surface area (Å²) in [6.45, 7) is 0.882. The van der Waals surface area contributed by atoms with Gasteiger partial charge in [-0.15, -0.1) is 11.8 Å². The van der Waals surface area contributed by atoms with Gasteiger partial charge in [-0.3, -0.25) is 9.59 Å². The summed E-state index contributed by atoms with van der Waals surface area (Å²) in [5, 5.41) is 3.16. The highest BCUT2D eigenvalue weighted by Gasteiger charge is 2.36. The van der Waals surface area contributed by atoms with E-state index in [1.807, 2.05) is 30.0 Å². The van der Waals surface area contributed by atoms with Crippen LogP contribution >= 0.6 is 11.8 Å². The van der Waals surface area contributed by atoms with Gasteiger partial charge in [0.25, 0.3) is 0 Å². The number of hydrogen-bond donors (Lipinski definition) is 1. The minimum absolute atomic E-state index is 0.0103. The molecular formula is C19H20N2O3S. The standard InChI is InChI=1S/C19H20N2O3S/c22-18-10-13(11-21(18)12-14-4-3-8-24-14)19(23)20-16-7-9-25-17-6-2-1-5-15(16)17/h1-6,8,13,16H,7,9-12H2,(H,20,23)/t13-,16-/m1/s1. The fourth-order valence-corrected chi connectivity index (χ4v) is 4.60. The molecule has 2 amide bonds. The van der Waals surface area contributed by atoms with E-state index in [2.05, 4.69) is 17.4 Å². The molecule has 1 fully saturated rings. The fraction of sp³-hybridized carbons (Fsp3) is 0.368. The van der Waals surface area contributed by atoms with Crippen LogP contribution in [0.3, 0.4) is 0 Å². The fourth-order valence-electron chi connectivity index (χ4n) is 3.47. The first-order valence-corrected chi connectivity index (χ1v) is 9.51. The van der Waals surface area contributed by atoms with E-state index in [0.717, 1.165) is 17.9 Å². The van der Waals surface area contributed by atoms with Crippen molar-refractivity contribution in [2.24, 2.45) is 5.92 Å². The number of fused-ring (bicyclic) bond motifs is 1. The van der Waals surface area contributed by atoms with E-state index in [1.54, 1.807) is 17.2 Å². The summed E-state index contributed by atoms with van der Waals surface area (Å²) >= 11 is 1.83. The lowest BCUT2D eigenvalue weighted by molar-refractivity contribution is -0.129. The molecule has 2 aliphatic rings. The Hall–Kier alpha value is -2.21. The minimum atomic E-state index is -0.288. The Balaban J connectivity index is 1.40. The topological polar surface area (TPSA) is 62.6 Å². The van der Waals surface area contributed by atoms with Gasteiger partial charge in [-0.25, -0.2) is 0 Å². The first kappa shape index (κ1) is 16.3. The second kappa shape index (κ2) is 6.96. The van der Waals surface area contributed by atoms with Crippen LogP contribution in [0.25, 0.3) is 0 Å².